The quantitative estimate of drug-likeness (QED) is 0.508. The van der Waals surface area contributed by atoms with Crippen LogP contribution < -0.4 is 10.9 Å². The van der Waals surface area contributed by atoms with Gasteiger partial charge in [-0.1, -0.05) is 35.9 Å². The van der Waals surface area contributed by atoms with Crippen LogP contribution >= 0.6 is 11.3 Å². The molecular weight excluding hydrogens is 394 g/mol. The number of benzene rings is 2. The number of aromatic nitrogens is 2. The van der Waals surface area contributed by atoms with E-state index in [0.29, 0.717) is 10.2 Å². The summed E-state index contributed by atoms with van der Waals surface area (Å²) in [7, 11) is 0. The Bertz CT molecular complexity index is 1310. The molecule has 0 aliphatic carbocycles. The van der Waals surface area contributed by atoms with Gasteiger partial charge in [-0.15, -0.1) is 11.3 Å². The summed E-state index contributed by atoms with van der Waals surface area (Å²) in [4.78, 5) is 31.0. The molecule has 2 aromatic heterocycles. The van der Waals surface area contributed by atoms with Crippen LogP contribution in [-0.2, 0) is 11.3 Å². The van der Waals surface area contributed by atoms with E-state index in [1.807, 2.05) is 36.6 Å². The molecule has 6 heteroatoms. The SMILES string of the molecule is Cc1cc(C)c(-c2csc3ncn(CC(=O)Nc4ccccc4C)c(=O)c23)c(C)c1. The van der Waals surface area contributed by atoms with Crippen LogP contribution in [0.4, 0.5) is 5.69 Å². The predicted octanol–water partition coefficient (Wildman–Crippen LogP) is 5.00. The maximum absolute atomic E-state index is 13.3. The smallest absolute Gasteiger partial charge is 0.263 e. The molecule has 4 aromatic rings. The van der Waals surface area contributed by atoms with Crippen molar-refractivity contribution in [3.05, 3.63) is 80.7 Å². The van der Waals surface area contributed by atoms with E-state index in [9.17, 15) is 9.59 Å². The molecule has 2 heterocycles. The first-order valence-electron chi connectivity index (χ1n) is 9.75. The monoisotopic (exact) mass is 417 g/mol. The molecule has 0 unspecified atom stereocenters. The maximum atomic E-state index is 13.3. The van der Waals surface area contributed by atoms with Gasteiger partial charge in [-0.3, -0.25) is 14.2 Å². The molecule has 0 radical (unpaired) electrons. The molecule has 5 nitrogen and oxygen atoms in total. The van der Waals surface area contributed by atoms with Crippen LogP contribution in [0.5, 0.6) is 0 Å². The van der Waals surface area contributed by atoms with Crippen molar-refractivity contribution in [2.75, 3.05) is 5.32 Å². The van der Waals surface area contributed by atoms with Gasteiger partial charge in [-0.05, 0) is 56.0 Å². The number of amides is 1. The number of hydrogen-bond donors (Lipinski definition) is 1. The van der Waals surface area contributed by atoms with Crippen molar-refractivity contribution in [1.29, 1.82) is 0 Å². The van der Waals surface area contributed by atoms with Gasteiger partial charge >= 0.3 is 0 Å². The Labute approximate surface area is 179 Å². The summed E-state index contributed by atoms with van der Waals surface area (Å²) in [6, 6.07) is 11.8. The summed E-state index contributed by atoms with van der Waals surface area (Å²) in [5, 5.41) is 5.43. The second-order valence-corrected chi connectivity index (χ2v) is 8.50. The molecule has 0 atom stereocenters. The average molecular weight is 418 g/mol. The number of nitrogens with zero attached hydrogens (tertiary/aromatic N) is 2. The average Bonchev–Trinajstić information content (AvgIpc) is 3.09. The molecule has 4 rings (SSSR count). The Morgan fingerprint density at radius 1 is 1.07 bits per heavy atom. The summed E-state index contributed by atoms with van der Waals surface area (Å²) < 4.78 is 1.38. The standard InChI is InChI=1S/C24H23N3O2S/c1-14-9-16(3)21(17(4)10-14)18-12-30-23-22(18)24(29)27(13-25-23)11-20(28)26-19-8-6-5-7-15(19)2/h5-10,12-13H,11H2,1-4H3,(H,26,28). The van der Waals surface area contributed by atoms with E-state index in [1.54, 1.807) is 0 Å². The number of hydrogen-bond acceptors (Lipinski definition) is 4. The highest BCUT2D eigenvalue weighted by atomic mass is 32.1. The number of carbonyl (C=O) groups excluding carboxylic acids is 1. The molecule has 0 saturated carbocycles. The summed E-state index contributed by atoms with van der Waals surface area (Å²) in [6.45, 7) is 8.03. The Kier molecular flexibility index (Phi) is 5.26. The van der Waals surface area contributed by atoms with Crippen LogP contribution in [0, 0.1) is 27.7 Å². The van der Waals surface area contributed by atoms with E-state index in [1.165, 1.54) is 27.8 Å². The minimum absolute atomic E-state index is 0.0861. The highest BCUT2D eigenvalue weighted by Gasteiger charge is 2.17. The van der Waals surface area contributed by atoms with Crippen molar-refractivity contribution < 1.29 is 4.79 Å². The third-order valence-electron chi connectivity index (χ3n) is 5.24. The molecular formula is C24H23N3O2S. The minimum atomic E-state index is -0.257. The second-order valence-electron chi connectivity index (χ2n) is 7.64. The van der Waals surface area contributed by atoms with Crippen LogP contribution in [0.2, 0.25) is 0 Å². The topological polar surface area (TPSA) is 64.0 Å². The highest BCUT2D eigenvalue weighted by molar-refractivity contribution is 7.17. The largest absolute Gasteiger partial charge is 0.324 e. The van der Waals surface area contributed by atoms with Crippen molar-refractivity contribution in [2.24, 2.45) is 0 Å². The molecule has 0 saturated heterocycles. The first kappa shape index (κ1) is 20.0. The van der Waals surface area contributed by atoms with E-state index >= 15 is 0 Å². The fraction of sp³-hybridized carbons (Fsp3) is 0.208. The van der Waals surface area contributed by atoms with Gasteiger partial charge in [0.2, 0.25) is 5.91 Å². The summed E-state index contributed by atoms with van der Waals surface area (Å²) >= 11 is 1.45. The Hall–Kier alpha value is -3.25. The number of carbonyl (C=O) groups is 1. The van der Waals surface area contributed by atoms with Crippen LogP contribution in [0.3, 0.4) is 0 Å². The first-order valence-corrected chi connectivity index (χ1v) is 10.6. The molecule has 0 aliphatic rings. The van der Waals surface area contributed by atoms with Crippen molar-refractivity contribution >= 4 is 33.1 Å². The van der Waals surface area contributed by atoms with Gasteiger partial charge in [0.25, 0.3) is 5.56 Å². The van der Waals surface area contributed by atoms with Crippen LogP contribution in [-0.4, -0.2) is 15.5 Å². The molecule has 0 fully saturated rings. The molecule has 152 valence electrons. The molecule has 0 aliphatic heterocycles. The lowest BCUT2D eigenvalue weighted by atomic mass is 9.94. The molecule has 2 aromatic carbocycles. The molecule has 0 spiro atoms. The van der Waals surface area contributed by atoms with Gasteiger partial charge in [0, 0.05) is 16.6 Å². The maximum Gasteiger partial charge on any atom is 0.263 e. The predicted molar refractivity (Wildman–Crippen MR) is 123 cm³/mol. The van der Waals surface area contributed by atoms with Crippen molar-refractivity contribution in [3.63, 3.8) is 0 Å². The van der Waals surface area contributed by atoms with E-state index < -0.39 is 0 Å². The van der Waals surface area contributed by atoms with Crippen molar-refractivity contribution in [1.82, 2.24) is 9.55 Å². The van der Waals surface area contributed by atoms with Gasteiger partial charge in [0.05, 0.1) is 11.7 Å². The summed E-state index contributed by atoms with van der Waals surface area (Å²) in [6.07, 6.45) is 1.46. The highest BCUT2D eigenvalue weighted by Crippen LogP contribution is 2.35. The number of para-hydroxylation sites is 1. The van der Waals surface area contributed by atoms with Crippen LogP contribution in [0.15, 0.2) is 52.9 Å². The lowest BCUT2D eigenvalue weighted by molar-refractivity contribution is -0.116. The fourth-order valence-corrected chi connectivity index (χ4v) is 4.81. The molecule has 0 bridgehead atoms. The lowest BCUT2D eigenvalue weighted by Crippen LogP contribution is -2.28. The van der Waals surface area contributed by atoms with Gasteiger partial charge in [-0.25, -0.2) is 4.98 Å². The van der Waals surface area contributed by atoms with E-state index in [-0.39, 0.29) is 18.0 Å². The lowest BCUT2D eigenvalue weighted by Gasteiger charge is -2.12. The van der Waals surface area contributed by atoms with Gasteiger partial charge in [0.15, 0.2) is 0 Å². The zero-order valence-electron chi connectivity index (χ0n) is 17.4. The summed E-state index contributed by atoms with van der Waals surface area (Å²) in [5.74, 6) is -0.257. The third-order valence-corrected chi connectivity index (χ3v) is 6.13. The molecule has 30 heavy (non-hydrogen) atoms. The third kappa shape index (κ3) is 3.66. The fourth-order valence-electron chi connectivity index (χ4n) is 3.93. The van der Waals surface area contributed by atoms with Gasteiger partial charge in [0.1, 0.15) is 11.4 Å². The van der Waals surface area contributed by atoms with Crippen molar-refractivity contribution in [3.8, 4) is 11.1 Å². The number of nitrogens with one attached hydrogen (secondary N) is 1. The Morgan fingerprint density at radius 3 is 2.47 bits per heavy atom. The Balaban J connectivity index is 1.73. The van der Waals surface area contributed by atoms with Crippen LogP contribution in [0.25, 0.3) is 21.3 Å². The summed E-state index contributed by atoms with van der Waals surface area (Å²) in [5.41, 5.74) is 6.90. The van der Waals surface area contributed by atoms with Crippen LogP contribution in [0.1, 0.15) is 22.3 Å². The zero-order chi connectivity index (χ0) is 21.4. The minimum Gasteiger partial charge on any atom is -0.324 e. The normalized spacial score (nSPS) is 11.1. The zero-order valence-corrected chi connectivity index (χ0v) is 18.3. The number of rotatable bonds is 4. The van der Waals surface area contributed by atoms with E-state index in [4.69, 9.17) is 0 Å². The Morgan fingerprint density at radius 2 is 1.77 bits per heavy atom. The van der Waals surface area contributed by atoms with Gasteiger partial charge < -0.3 is 5.32 Å². The number of aryl methyl sites for hydroxylation is 4. The number of anilines is 1. The van der Waals surface area contributed by atoms with Crippen molar-refractivity contribution in [2.45, 2.75) is 34.2 Å². The first-order chi connectivity index (χ1) is 14.3. The molecule has 1 N–H and O–H groups in total. The van der Waals surface area contributed by atoms with E-state index in [2.05, 4.69) is 43.2 Å². The second kappa shape index (κ2) is 7.88. The number of fused-ring (bicyclic) bond motifs is 1. The van der Waals surface area contributed by atoms with E-state index in [0.717, 1.165) is 33.5 Å². The number of thiophene rings is 1. The molecule has 1 amide bonds. The van der Waals surface area contributed by atoms with Gasteiger partial charge in [-0.2, -0.15) is 0 Å².